The standard InChI is InChI=1S/C18H14N2O2/c21-17-13-14(18(22)20(17)10-6-2-1-3-7-10)16-12-9-5-4-8-11(12)15(13)19-16/h1-9,13-16,19H/t13-,14+,15+,16-. The smallest absolute Gasteiger partial charge is 0.239 e. The van der Waals surface area contributed by atoms with Crippen LogP contribution in [0.5, 0.6) is 0 Å². The van der Waals surface area contributed by atoms with E-state index < -0.39 is 0 Å². The number of fused-ring (bicyclic) bond motifs is 8. The van der Waals surface area contributed by atoms with Gasteiger partial charge in [0.15, 0.2) is 0 Å². The summed E-state index contributed by atoms with van der Waals surface area (Å²) in [6.07, 6.45) is 0. The van der Waals surface area contributed by atoms with E-state index in [9.17, 15) is 9.59 Å². The van der Waals surface area contributed by atoms with Gasteiger partial charge in [-0.1, -0.05) is 42.5 Å². The molecule has 3 heterocycles. The molecule has 0 aromatic heterocycles. The van der Waals surface area contributed by atoms with Gasteiger partial charge in [0.2, 0.25) is 11.8 Å². The Morgan fingerprint density at radius 2 is 1.23 bits per heavy atom. The first-order valence-corrected chi connectivity index (χ1v) is 7.55. The summed E-state index contributed by atoms with van der Waals surface area (Å²) in [6, 6.07) is 17.3. The molecule has 2 fully saturated rings. The fourth-order valence-electron chi connectivity index (χ4n) is 4.29. The Bertz CT molecular complexity index is 755. The van der Waals surface area contributed by atoms with Gasteiger partial charge in [0.1, 0.15) is 0 Å². The summed E-state index contributed by atoms with van der Waals surface area (Å²) in [4.78, 5) is 27.1. The molecular weight excluding hydrogens is 276 g/mol. The largest absolute Gasteiger partial charge is 0.301 e. The van der Waals surface area contributed by atoms with Crippen LogP contribution < -0.4 is 10.2 Å². The zero-order valence-electron chi connectivity index (χ0n) is 11.8. The highest BCUT2D eigenvalue weighted by atomic mass is 16.2. The third-order valence-corrected chi connectivity index (χ3v) is 5.16. The molecule has 3 aliphatic rings. The summed E-state index contributed by atoms with van der Waals surface area (Å²) in [6.45, 7) is 0. The molecule has 2 aromatic carbocycles. The first-order valence-electron chi connectivity index (χ1n) is 7.55. The number of carbonyl (C=O) groups excluding carboxylic acids is 2. The van der Waals surface area contributed by atoms with Crippen molar-refractivity contribution in [2.24, 2.45) is 11.8 Å². The Balaban J connectivity index is 1.62. The van der Waals surface area contributed by atoms with Crippen LogP contribution in [-0.4, -0.2) is 11.8 Å². The summed E-state index contributed by atoms with van der Waals surface area (Å²) in [7, 11) is 0. The zero-order chi connectivity index (χ0) is 14.8. The van der Waals surface area contributed by atoms with E-state index in [0.29, 0.717) is 5.69 Å². The fourth-order valence-corrected chi connectivity index (χ4v) is 4.29. The van der Waals surface area contributed by atoms with Crippen LogP contribution in [0.15, 0.2) is 54.6 Å². The SMILES string of the molecule is O=C1[C@@H]2[C@H](C(=O)N1c1ccccc1)[C@@H]1N[C@H]2c2ccccc21. The van der Waals surface area contributed by atoms with E-state index in [1.54, 1.807) is 0 Å². The third-order valence-electron chi connectivity index (χ3n) is 5.16. The van der Waals surface area contributed by atoms with Crippen LogP contribution in [-0.2, 0) is 9.59 Å². The van der Waals surface area contributed by atoms with Gasteiger partial charge in [-0.05, 0) is 23.3 Å². The van der Waals surface area contributed by atoms with E-state index in [1.807, 2.05) is 42.5 Å². The lowest BCUT2D eigenvalue weighted by molar-refractivity contribution is -0.123. The number of imide groups is 1. The summed E-state index contributed by atoms with van der Waals surface area (Å²) in [5, 5.41) is 3.46. The van der Waals surface area contributed by atoms with Gasteiger partial charge in [0.05, 0.1) is 17.5 Å². The molecule has 0 saturated carbocycles. The number of hydrogen-bond donors (Lipinski definition) is 1. The number of para-hydroxylation sites is 1. The lowest BCUT2D eigenvalue weighted by Crippen LogP contribution is -2.34. The number of nitrogens with zero attached hydrogens (tertiary/aromatic N) is 1. The Labute approximate surface area is 127 Å². The van der Waals surface area contributed by atoms with E-state index in [4.69, 9.17) is 0 Å². The van der Waals surface area contributed by atoms with E-state index in [0.717, 1.165) is 0 Å². The number of amides is 2. The highest BCUT2D eigenvalue weighted by Gasteiger charge is 2.63. The molecule has 2 amide bonds. The van der Waals surface area contributed by atoms with E-state index in [1.165, 1.54) is 16.0 Å². The first kappa shape index (κ1) is 12.1. The minimum atomic E-state index is -0.271. The maximum Gasteiger partial charge on any atom is 0.239 e. The van der Waals surface area contributed by atoms with Gasteiger partial charge in [0, 0.05) is 12.1 Å². The molecule has 5 rings (SSSR count). The lowest BCUT2D eigenvalue weighted by atomic mass is 9.77. The van der Waals surface area contributed by atoms with Crippen molar-refractivity contribution in [3.8, 4) is 0 Å². The van der Waals surface area contributed by atoms with Gasteiger partial charge in [-0.25, -0.2) is 4.90 Å². The first-order chi connectivity index (χ1) is 10.8. The number of hydrogen-bond acceptors (Lipinski definition) is 3. The predicted molar refractivity (Wildman–Crippen MR) is 81.0 cm³/mol. The van der Waals surface area contributed by atoms with Crippen molar-refractivity contribution in [3.05, 3.63) is 65.7 Å². The average molecular weight is 290 g/mol. The molecule has 4 heteroatoms. The molecule has 2 aromatic rings. The normalized spacial score (nSPS) is 31.5. The minimum Gasteiger partial charge on any atom is -0.301 e. The van der Waals surface area contributed by atoms with Gasteiger partial charge in [-0.2, -0.15) is 0 Å². The van der Waals surface area contributed by atoms with Gasteiger partial charge in [-0.15, -0.1) is 0 Å². The van der Waals surface area contributed by atoms with Crippen molar-refractivity contribution in [2.75, 3.05) is 4.90 Å². The van der Waals surface area contributed by atoms with Gasteiger partial charge < -0.3 is 5.32 Å². The molecule has 22 heavy (non-hydrogen) atoms. The maximum absolute atomic E-state index is 12.9. The molecule has 2 saturated heterocycles. The molecule has 0 radical (unpaired) electrons. The molecule has 0 spiro atoms. The molecule has 4 nitrogen and oxygen atoms in total. The Kier molecular flexibility index (Phi) is 2.23. The molecule has 4 atom stereocenters. The lowest BCUT2D eigenvalue weighted by Gasteiger charge is -2.21. The van der Waals surface area contributed by atoms with Crippen molar-refractivity contribution in [3.63, 3.8) is 0 Å². The van der Waals surface area contributed by atoms with E-state index >= 15 is 0 Å². The van der Waals surface area contributed by atoms with Gasteiger partial charge in [0.25, 0.3) is 0 Å². The Morgan fingerprint density at radius 1 is 0.727 bits per heavy atom. The topological polar surface area (TPSA) is 49.4 Å². The van der Waals surface area contributed by atoms with E-state index in [-0.39, 0.29) is 35.7 Å². The number of rotatable bonds is 1. The summed E-state index contributed by atoms with van der Waals surface area (Å²) in [5.74, 6) is -0.688. The van der Waals surface area contributed by atoms with Crippen molar-refractivity contribution >= 4 is 17.5 Å². The molecule has 108 valence electrons. The van der Waals surface area contributed by atoms with Crippen molar-refractivity contribution in [1.29, 1.82) is 0 Å². The maximum atomic E-state index is 12.9. The van der Waals surface area contributed by atoms with Crippen LogP contribution in [0.2, 0.25) is 0 Å². The Hall–Kier alpha value is -2.46. The molecular formula is C18H14N2O2. The monoisotopic (exact) mass is 290 g/mol. The van der Waals surface area contributed by atoms with Crippen LogP contribution >= 0.6 is 0 Å². The highest BCUT2D eigenvalue weighted by Crippen LogP contribution is 2.56. The van der Waals surface area contributed by atoms with Gasteiger partial charge in [-0.3, -0.25) is 9.59 Å². The van der Waals surface area contributed by atoms with Crippen molar-refractivity contribution < 1.29 is 9.59 Å². The molecule has 0 aliphatic carbocycles. The van der Waals surface area contributed by atoms with Crippen LogP contribution in [0.3, 0.4) is 0 Å². The van der Waals surface area contributed by atoms with Crippen LogP contribution in [0.25, 0.3) is 0 Å². The van der Waals surface area contributed by atoms with Crippen LogP contribution in [0.4, 0.5) is 5.69 Å². The second-order valence-corrected chi connectivity index (χ2v) is 6.15. The third kappa shape index (κ3) is 1.31. The van der Waals surface area contributed by atoms with Crippen LogP contribution in [0, 0.1) is 11.8 Å². The quantitative estimate of drug-likeness (QED) is 0.819. The Morgan fingerprint density at radius 3 is 1.77 bits per heavy atom. The molecule has 2 bridgehead atoms. The van der Waals surface area contributed by atoms with Crippen LogP contribution in [0.1, 0.15) is 23.2 Å². The second-order valence-electron chi connectivity index (χ2n) is 6.15. The van der Waals surface area contributed by atoms with Crippen molar-refractivity contribution in [2.45, 2.75) is 12.1 Å². The molecule has 0 unspecified atom stereocenters. The zero-order valence-corrected chi connectivity index (χ0v) is 11.8. The second kappa shape index (κ2) is 4.05. The van der Waals surface area contributed by atoms with Gasteiger partial charge >= 0.3 is 0 Å². The number of anilines is 1. The van der Waals surface area contributed by atoms with Crippen molar-refractivity contribution in [1.82, 2.24) is 5.32 Å². The summed E-state index contributed by atoms with van der Waals surface area (Å²) in [5.41, 5.74) is 3.02. The predicted octanol–water partition coefficient (Wildman–Crippen LogP) is 2.19. The fraction of sp³-hybridized carbons (Fsp3) is 0.222. The summed E-state index contributed by atoms with van der Waals surface area (Å²) >= 11 is 0. The number of carbonyl (C=O) groups is 2. The molecule has 1 N–H and O–H groups in total. The average Bonchev–Trinajstić information content (AvgIpc) is 3.19. The highest BCUT2D eigenvalue weighted by molar-refractivity contribution is 6.23. The summed E-state index contributed by atoms with van der Waals surface area (Å²) < 4.78 is 0. The number of nitrogens with one attached hydrogen (secondary N) is 1. The molecule has 3 aliphatic heterocycles. The number of benzene rings is 2. The minimum absolute atomic E-state index is 0.0311. The van der Waals surface area contributed by atoms with E-state index in [2.05, 4.69) is 17.4 Å².